The first-order valence-electron chi connectivity index (χ1n) is 11.6. The second-order valence-electron chi connectivity index (χ2n) is 8.70. The number of methoxy groups -OCH3 is 2. The molecule has 5 nitrogen and oxygen atoms in total. The Labute approximate surface area is 202 Å². The van der Waals surface area contributed by atoms with Gasteiger partial charge >= 0.3 is 0 Å². The van der Waals surface area contributed by atoms with E-state index >= 15 is 0 Å². The molecule has 180 valence electrons. The first kappa shape index (κ1) is 25.3. The van der Waals surface area contributed by atoms with Crippen LogP contribution >= 0.6 is 0 Å². The lowest BCUT2D eigenvalue weighted by atomic mass is 9.85. The molecule has 0 amide bonds. The van der Waals surface area contributed by atoms with Crippen molar-refractivity contribution in [1.82, 2.24) is 0 Å². The number of hydrogen-bond donors (Lipinski definition) is 1. The van der Waals surface area contributed by atoms with Gasteiger partial charge in [0.25, 0.3) is 0 Å². The molecule has 0 aromatic heterocycles. The predicted molar refractivity (Wildman–Crippen MR) is 131 cm³/mol. The van der Waals surface area contributed by atoms with Crippen molar-refractivity contribution in [3.8, 4) is 11.5 Å². The smallest absolute Gasteiger partial charge is 0.125 e. The fourth-order valence-corrected chi connectivity index (χ4v) is 4.40. The van der Waals surface area contributed by atoms with Gasteiger partial charge in [-0.2, -0.15) is 0 Å². The van der Waals surface area contributed by atoms with E-state index in [0.29, 0.717) is 23.5 Å². The zero-order valence-electron chi connectivity index (χ0n) is 20.1. The van der Waals surface area contributed by atoms with Crippen LogP contribution in [0.4, 0.5) is 0 Å². The zero-order chi connectivity index (χ0) is 24.5. The van der Waals surface area contributed by atoms with Crippen LogP contribution in [-0.4, -0.2) is 25.3 Å². The second-order valence-corrected chi connectivity index (χ2v) is 8.70. The van der Waals surface area contributed by atoms with E-state index in [1.165, 1.54) is 5.56 Å². The standard InChI is InChI=1S/C29H34O5/c1-20-26(33-2)18-25(19-27(20)34-3)29(32)24(11-7-10-21-8-5-4-6-9-21)16-22-12-14-23(15-13-22)17-28(30)31/h4-6,8-9,12-15,18-19,24,29,32H,7,10-11,16-17H2,1-3H3,(H,30,31)/p-1. The Hall–Kier alpha value is -3.31. The van der Waals surface area contributed by atoms with Crippen molar-refractivity contribution in [3.05, 3.63) is 94.5 Å². The highest BCUT2D eigenvalue weighted by atomic mass is 16.5. The SMILES string of the molecule is COc1cc(C(O)C(CCCc2ccccc2)Cc2ccc(CC(=O)[O-])cc2)cc(OC)c1C. The third-order valence-electron chi connectivity index (χ3n) is 6.32. The Morgan fingerprint density at radius 2 is 1.50 bits per heavy atom. The monoisotopic (exact) mass is 461 g/mol. The lowest BCUT2D eigenvalue weighted by molar-refractivity contribution is -0.304. The van der Waals surface area contributed by atoms with E-state index < -0.39 is 12.1 Å². The summed E-state index contributed by atoms with van der Waals surface area (Å²) in [6, 6.07) is 21.6. The summed E-state index contributed by atoms with van der Waals surface area (Å²) >= 11 is 0. The van der Waals surface area contributed by atoms with E-state index in [4.69, 9.17) is 9.47 Å². The molecule has 0 spiro atoms. The van der Waals surface area contributed by atoms with Crippen LogP contribution in [0.1, 0.15) is 46.8 Å². The minimum Gasteiger partial charge on any atom is -0.550 e. The van der Waals surface area contributed by atoms with Crippen LogP contribution in [0.25, 0.3) is 0 Å². The molecule has 3 aromatic carbocycles. The fraction of sp³-hybridized carbons (Fsp3) is 0.345. The van der Waals surface area contributed by atoms with Crippen molar-refractivity contribution >= 4 is 5.97 Å². The number of hydrogen-bond acceptors (Lipinski definition) is 5. The van der Waals surface area contributed by atoms with Crippen molar-refractivity contribution in [2.45, 2.75) is 45.1 Å². The topological polar surface area (TPSA) is 78.8 Å². The average molecular weight is 462 g/mol. The molecule has 0 radical (unpaired) electrons. The molecule has 0 fully saturated rings. The molecule has 2 unspecified atom stereocenters. The zero-order valence-corrected chi connectivity index (χ0v) is 20.1. The van der Waals surface area contributed by atoms with Crippen molar-refractivity contribution in [2.75, 3.05) is 14.2 Å². The van der Waals surface area contributed by atoms with Crippen LogP contribution in [0.2, 0.25) is 0 Å². The summed E-state index contributed by atoms with van der Waals surface area (Å²) in [7, 11) is 3.23. The number of aryl methyl sites for hydroxylation is 1. The molecule has 0 aliphatic rings. The van der Waals surface area contributed by atoms with Gasteiger partial charge in [-0.25, -0.2) is 0 Å². The third-order valence-corrected chi connectivity index (χ3v) is 6.32. The lowest BCUT2D eigenvalue weighted by Gasteiger charge is -2.25. The molecule has 0 aliphatic heterocycles. The van der Waals surface area contributed by atoms with Crippen molar-refractivity contribution in [2.24, 2.45) is 5.92 Å². The van der Waals surface area contributed by atoms with Crippen molar-refractivity contribution < 1.29 is 24.5 Å². The minimum atomic E-state index is -1.09. The summed E-state index contributed by atoms with van der Waals surface area (Å²) in [4.78, 5) is 10.9. The first-order chi connectivity index (χ1) is 16.4. The number of benzene rings is 3. The highest BCUT2D eigenvalue weighted by Gasteiger charge is 2.23. The number of carboxylic acid groups (broad SMARTS) is 1. The van der Waals surface area contributed by atoms with E-state index in [0.717, 1.165) is 36.0 Å². The molecule has 2 atom stereocenters. The summed E-state index contributed by atoms with van der Waals surface area (Å²) in [5.41, 5.74) is 4.69. The van der Waals surface area contributed by atoms with E-state index in [1.807, 2.05) is 61.5 Å². The van der Waals surface area contributed by atoms with Crippen LogP contribution in [0, 0.1) is 12.8 Å². The van der Waals surface area contributed by atoms with Gasteiger partial charge in [-0.1, -0.05) is 54.6 Å². The third kappa shape index (κ3) is 6.84. The predicted octanol–water partition coefficient (Wildman–Crippen LogP) is 4.22. The van der Waals surface area contributed by atoms with Gasteiger partial charge in [0, 0.05) is 18.0 Å². The first-order valence-corrected chi connectivity index (χ1v) is 11.6. The lowest BCUT2D eigenvalue weighted by Crippen LogP contribution is -2.24. The largest absolute Gasteiger partial charge is 0.550 e. The van der Waals surface area contributed by atoms with E-state index in [-0.39, 0.29) is 12.3 Å². The Morgan fingerprint density at radius 1 is 0.912 bits per heavy atom. The van der Waals surface area contributed by atoms with Crippen LogP contribution < -0.4 is 14.6 Å². The number of aliphatic carboxylic acids is 1. The molecular formula is C29H33O5-. The van der Waals surface area contributed by atoms with Gasteiger partial charge in [0.1, 0.15) is 11.5 Å². The summed E-state index contributed by atoms with van der Waals surface area (Å²) in [5, 5.41) is 22.3. The maximum absolute atomic E-state index is 11.4. The molecule has 5 heteroatoms. The Morgan fingerprint density at radius 3 is 2.06 bits per heavy atom. The number of carbonyl (C=O) groups excluding carboxylic acids is 1. The highest BCUT2D eigenvalue weighted by Crippen LogP contribution is 2.36. The maximum atomic E-state index is 11.4. The normalized spacial score (nSPS) is 12.7. The van der Waals surface area contributed by atoms with E-state index in [9.17, 15) is 15.0 Å². The molecule has 0 aliphatic carbocycles. The number of carboxylic acids is 1. The summed E-state index contributed by atoms with van der Waals surface area (Å²) < 4.78 is 11.0. The molecule has 1 N–H and O–H groups in total. The number of aliphatic hydroxyl groups is 1. The number of rotatable bonds is 12. The maximum Gasteiger partial charge on any atom is 0.125 e. The Bertz CT molecular complexity index is 1030. The van der Waals surface area contributed by atoms with Crippen LogP contribution in [-0.2, 0) is 24.1 Å². The molecule has 3 aromatic rings. The molecule has 0 saturated carbocycles. The van der Waals surface area contributed by atoms with Gasteiger partial charge in [0.05, 0.1) is 20.3 Å². The molecule has 0 saturated heterocycles. The van der Waals surface area contributed by atoms with Gasteiger partial charge in [0.2, 0.25) is 0 Å². The summed E-state index contributed by atoms with van der Waals surface area (Å²) in [6.07, 6.45) is 2.56. The summed E-state index contributed by atoms with van der Waals surface area (Å²) in [5.74, 6) is 0.239. The van der Waals surface area contributed by atoms with Gasteiger partial charge in [-0.15, -0.1) is 0 Å². The summed E-state index contributed by atoms with van der Waals surface area (Å²) in [6.45, 7) is 1.93. The van der Waals surface area contributed by atoms with Crippen LogP contribution in [0.3, 0.4) is 0 Å². The Balaban J connectivity index is 1.82. The van der Waals surface area contributed by atoms with Gasteiger partial charge < -0.3 is 24.5 Å². The fourth-order valence-electron chi connectivity index (χ4n) is 4.40. The second kappa shape index (κ2) is 12.2. The molecule has 0 heterocycles. The average Bonchev–Trinajstić information content (AvgIpc) is 2.84. The van der Waals surface area contributed by atoms with Gasteiger partial charge in [0.15, 0.2) is 0 Å². The van der Waals surface area contributed by atoms with Crippen molar-refractivity contribution in [3.63, 3.8) is 0 Å². The van der Waals surface area contributed by atoms with E-state index in [1.54, 1.807) is 14.2 Å². The van der Waals surface area contributed by atoms with Crippen LogP contribution in [0.15, 0.2) is 66.7 Å². The van der Waals surface area contributed by atoms with Crippen molar-refractivity contribution in [1.29, 1.82) is 0 Å². The van der Waals surface area contributed by atoms with E-state index in [2.05, 4.69) is 12.1 Å². The molecular weight excluding hydrogens is 428 g/mol. The number of ether oxygens (including phenoxy) is 2. The van der Waals surface area contributed by atoms with Gasteiger partial charge in [-0.05, 0) is 72.9 Å². The van der Waals surface area contributed by atoms with Crippen LogP contribution in [0.5, 0.6) is 11.5 Å². The molecule has 3 rings (SSSR count). The number of carbonyl (C=O) groups is 1. The van der Waals surface area contributed by atoms with Gasteiger partial charge in [-0.3, -0.25) is 0 Å². The minimum absolute atomic E-state index is 0.0344. The molecule has 0 bridgehead atoms. The number of aliphatic hydroxyl groups excluding tert-OH is 1. The quantitative estimate of drug-likeness (QED) is 0.437. The molecule has 34 heavy (non-hydrogen) atoms. The highest BCUT2D eigenvalue weighted by molar-refractivity contribution is 5.67. The Kier molecular flexibility index (Phi) is 9.11.